The lowest BCUT2D eigenvalue weighted by atomic mass is 9.32. The average Bonchev–Trinajstić information content (AvgIpc) is 3.21. The lowest BCUT2D eigenvalue weighted by Gasteiger charge is -2.73. The minimum atomic E-state index is -0.188. The summed E-state index contributed by atoms with van der Waals surface area (Å²) in [6, 6.07) is 0. The second kappa shape index (κ2) is 8.97. The second-order valence-electron chi connectivity index (χ2n) is 15.4. The van der Waals surface area contributed by atoms with E-state index in [0.29, 0.717) is 46.5 Å². The molecule has 4 unspecified atom stereocenters. The maximum atomic E-state index is 12.4. The van der Waals surface area contributed by atoms with Crippen molar-refractivity contribution >= 4 is 5.97 Å². The summed E-state index contributed by atoms with van der Waals surface area (Å²) >= 11 is 0. The number of fused-ring (bicyclic) bond motifs is 7. The predicted molar refractivity (Wildman–Crippen MR) is 151 cm³/mol. The maximum Gasteiger partial charge on any atom is 0.330 e. The Kier molecular flexibility index (Phi) is 6.66. The smallest absolute Gasteiger partial charge is 0.330 e. The summed E-state index contributed by atoms with van der Waals surface area (Å²) < 4.78 is 5.29. The number of aliphatic hydroxyl groups is 1. The molecule has 0 aromatic rings. The number of rotatable bonds is 4. The van der Waals surface area contributed by atoms with Crippen molar-refractivity contribution in [3.8, 4) is 0 Å². The van der Waals surface area contributed by atoms with E-state index >= 15 is 0 Å². The molecule has 5 fully saturated rings. The molecule has 0 spiro atoms. The summed E-state index contributed by atoms with van der Waals surface area (Å²) in [5, 5.41) is 11.0. The Morgan fingerprint density at radius 2 is 1.65 bits per heavy atom. The third-order valence-electron chi connectivity index (χ3n) is 13.9. The number of hydrogen-bond acceptors (Lipinski definition) is 3. The third-order valence-corrected chi connectivity index (χ3v) is 13.9. The summed E-state index contributed by atoms with van der Waals surface area (Å²) in [7, 11) is 0. The van der Waals surface area contributed by atoms with Crippen LogP contribution in [0.25, 0.3) is 0 Å². The summed E-state index contributed by atoms with van der Waals surface area (Å²) in [6.07, 6.45) is 16.0. The molecule has 5 aliphatic carbocycles. The van der Waals surface area contributed by atoms with Crippen LogP contribution in [0.1, 0.15) is 113 Å². The summed E-state index contributed by atoms with van der Waals surface area (Å²) in [5.74, 6) is 2.92. The van der Waals surface area contributed by atoms with Gasteiger partial charge >= 0.3 is 5.97 Å². The molecule has 37 heavy (non-hydrogen) atoms. The lowest BCUT2D eigenvalue weighted by molar-refractivity contribution is -0.244. The normalized spacial score (nSPS) is 50.5. The van der Waals surface area contributed by atoms with Crippen LogP contribution in [0.2, 0.25) is 0 Å². The Labute approximate surface area is 226 Å². The fraction of sp³-hybridized carbons (Fsp3) is 0.853. The molecule has 10 atom stereocenters. The molecule has 0 aromatic heterocycles. The number of allylic oxidation sites excluding steroid dienone is 2. The number of hydrogen-bond donors (Lipinski definition) is 1. The van der Waals surface area contributed by atoms with Crippen LogP contribution in [0.5, 0.6) is 0 Å². The highest BCUT2D eigenvalue weighted by Gasteiger charge is 2.70. The number of carbonyl (C=O) groups is 1. The second-order valence-corrected chi connectivity index (χ2v) is 15.4. The van der Waals surface area contributed by atoms with Crippen LogP contribution in [0.3, 0.4) is 0 Å². The van der Waals surface area contributed by atoms with Crippen molar-refractivity contribution in [3.05, 3.63) is 24.3 Å². The van der Waals surface area contributed by atoms with Crippen molar-refractivity contribution in [2.75, 3.05) is 6.61 Å². The third kappa shape index (κ3) is 3.71. The molecular formula is C34H54O3. The summed E-state index contributed by atoms with van der Waals surface area (Å²) in [5.41, 5.74) is 2.37. The van der Waals surface area contributed by atoms with E-state index in [-0.39, 0.29) is 22.9 Å². The van der Waals surface area contributed by atoms with Gasteiger partial charge in [0.05, 0.1) is 12.7 Å². The monoisotopic (exact) mass is 510 g/mol. The average molecular weight is 511 g/mol. The van der Waals surface area contributed by atoms with Gasteiger partial charge in [-0.1, -0.05) is 52.8 Å². The first-order valence-electron chi connectivity index (χ1n) is 15.5. The van der Waals surface area contributed by atoms with Crippen molar-refractivity contribution in [1.82, 2.24) is 0 Å². The zero-order valence-electron chi connectivity index (χ0n) is 24.9. The SMILES string of the molecule is C=C(C)[C@@H]1CC[C@]2(C=CC(=O)OCC)CC[C@]3(C)C(CCC4[C@@]5(C)CC[C@H](O)C(C)(C)C5CC[C@]43C)C12. The van der Waals surface area contributed by atoms with Gasteiger partial charge < -0.3 is 9.84 Å². The Morgan fingerprint density at radius 1 is 0.919 bits per heavy atom. The largest absolute Gasteiger partial charge is 0.463 e. The minimum Gasteiger partial charge on any atom is -0.463 e. The van der Waals surface area contributed by atoms with E-state index in [2.05, 4.69) is 54.2 Å². The molecule has 208 valence electrons. The fourth-order valence-electron chi connectivity index (χ4n) is 11.9. The van der Waals surface area contributed by atoms with Crippen LogP contribution in [-0.4, -0.2) is 23.8 Å². The first kappa shape index (κ1) is 27.5. The maximum absolute atomic E-state index is 12.4. The zero-order chi connectivity index (χ0) is 27.0. The van der Waals surface area contributed by atoms with Crippen LogP contribution >= 0.6 is 0 Å². The Morgan fingerprint density at radius 3 is 2.32 bits per heavy atom. The molecule has 5 saturated carbocycles. The van der Waals surface area contributed by atoms with Crippen molar-refractivity contribution in [3.63, 3.8) is 0 Å². The highest BCUT2D eigenvalue weighted by atomic mass is 16.5. The first-order chi connectivity index (χ1) is 17.3. The van der Waals surface area contributed by atoms with Gasteiger partial charge in [-0.3, -0.25) is 0 Å². The first-order valence-corrected chi connectivity index (χ1v) is 15.5. The Balaban J connectivity index is 1.52. The topological polar surface area (TPSA) is 46.5 Å². The fourth-order valence-corrected chi connectivity index (χ4v) is 11.9. The van der Waals surface area contributed by atoms with E-state index in [1.807, 2.05) is 6.92 Å². The molecular weight excluding hydrogens is 456 g/mol. The highest BCUT2D eigenvalue weighted by molar-refractivity contribution is 5.82. The van der Waals surface area contributed by atoms with Crippen LogP contribution in [0, 0.1) is 56.7 Å². The molecule has 0 heterocycles. The molecule has 0 bridgehead atoms. The van der Waals surface area contributed by atoms with Gasteiger partial charge in [0.15, 0.2) is 0 Å². The molecule has 0 radical (unpaired) electrons. The van der Waals surface area contributed by atoms with Crippen molar-refractivity contribution < 1.29 is 14.6 Å². The molecule has 5 rings (SSSR count). The van der Waals surface area contributed by atoms with E-state index in [1.54, 1.807) is 6.08 Å². The Bertz CT molecular complexity index is 964. The zero-order valence-corrected chi connectivity index (χ0v) is 24.9. The summed E-state index contributed by atoms with van der Waals surface area (Å²) in [6.45, 7) is 21.7. The molecule has 0 aromatic carbocycles. The van der Waals surface area contributed by atoms with Crippen LogP contribution < -0.4 is 0 Å². The molecule has 0 amide bonds. The van der Waals surface area contributed by atoms with Gasteiger partial charge in [0.2, 0.25) is 0 Å². The number of ether oxygens (including phenoxy) is 1. The van der Waals surface area contributed by atoms with Crippen LogP contribution in [0.4, 0.5) is 0 Å². The van der Waals surface area contributed by atoms with E-state index in [4.69, 9.17) is 4.74 Å². The van der Waals surface area contributed by atoms with Crippen molar-refractivity contribution in [2.45, 2.75) is 119 Å². The van der Waals surface area contributed by atoms with Gasteiger partial charge in [-0.25, -0.2) is 4.79 Å². The van der Waals surface area contributed by atoms with Gasteiger partial charge in [0, 0.05) is 6.08 Å². The molecule has 5 aliphatic rings. The highest BCUT2D eigenvalue weighted by Crippen LogP contribution is 2.77. The standard InChI is InChI=1S/C34H54O3/c1-9-37-28(36)15-19-34-18-12-23(22(2)3)29(34)24-10-11-26-31(6)16-14-27(35)30(4,5)25(31)13-17-33(26,8)32(24,7)20-21-34/h15,19,23-27,29,35H,2,9-14,16-18,20-21H2,1,3-8H3/t23-,24?,25?,26?,27-,29?,31-,32+,33+,34-/m0/s1. The molecule has 1 N–H and O–H groups in total. The van der Waals surface area contributed by atoms with Gasteiger partial charge in [-0.2, -0.15) is 0 Å². The predicted octanol–water partition coefficient (Wildman–Crippen LogP) is 8.12. The number of esters is 1. The molecule has 3 heteroatoms. The van der Waals surface area contributed by atoms with Gasteiger partial charge in [0.25, 0.3) is 0 Å². The summed E-state index contributed by atoms with van der Waals surface area (Å²) in [4.78, 5) is 12.4. The van der Waals surface area contributed by atoms with E-state index < -0.39 is 0 Å². The number of aliphatic hydroxyl groups excluding tert-OH is 1. The molecule has 0 aliphatic heterocycles. The van der Waals surface area contributed by atoms with Gasteiger partial charge in [-0.05, 0) is 135 Å². The van der Waals surface area contributed by atoms with Gasteiger partial charge in [0.1, 0.15) is 0 Å². The van der Waals surface area contributed by atoms with E-state index in [9.17, 15) is 9.90 Å². The number of carbonyl (C=O) groups excluding carboxylic acids is 1. The van der Waals surface area contributed by atoms with Crippen molar-refractivity contribution in [2.24, 2.45) is 56.7 Å². The molecule has 3 nitrogen and oxygen atoms in total. The lowest BCUT2D eigenvalue weighted by Crippen LogP contribution is -2.66. The Hall–Kier alpha value is -1.09. The molecule has 0 saturated heterocycles. The van der Waals surface area contributed by atoms with E-state index in [1.165, 1.54) is 63.4 Å². The minimum absolute atomic E-state index is 0.00218. The van der Waals surface area contributed by atoms with Crippen LogP contribution in [0.15, 0.2) is 24.3 Å². The van der Waals surface area contributed by atoms with E-state index in [0.717, 1.165) is 12.3 Å². The quantitative estimate of drug-likeness (QED) is 0.236. The van der Waals surface area contributed by atoms with Crippen LogP contribution in [-0.2, 0) is 9.53 Å². The van der Waals surface area contributed by atoms with Crippen molar-refractivity contribution in [1.29, 1.82) is 0 Å². The van der Waals surface area contributed by atoms with Gasteiger partial charge in [-0.15, -0.1) is 0 Å².